The number of nitrogens with zero attached hydrogens (tertiary/aromatic N) is 3. The molecule has 1 aromatic rings. The summed E-state index contributed by atoms with van der Waals surface area (Å²) in [5.74, 6) is 6.31. The van der Waals surface area contributed by atoms with Crippen molar-refractivity contribution in [1.29, 1.82) is 0 Å². The second kappa shape index (κ2) is 6.36. The summed E-state index contributed by atoms with van der Waals surface area (Å²) in [5, 5.41) is 0.612. The van der Waals surface area contributed by atoms with E-state index >= 15 is 0 Å². The van der Waals surface area contributed by atoms with Crippen molar-refractivity contribution in [3.05, 3.63) is 24.4 Å². The number of thiocarbonyl (C=S) groups is 1. The first kappa shape index (κ1) is 13.7. The van der Waals surface area contributed by atoms with Crippen molar-refractivity contribution < 1.29 is 0 Å². The maximum Gasteiger partial charge on any atom is 0.183 e. The molecule has 6 heteroatoms. The Bertz CT molecular complexity index is 348. The van der Waals surface area contributed by atoms with Crippen molar-refractivity contribution in [3.63, 3.8) is 0 Å². The van der Waals surface area contributed by atoms with E-state index in [-0.39, 0.29) is 7.43 Å². The summed E-state index contributed by atoms with van der Waals surface area (Å²) in [6, 6.07) is 5.95. The predicted molar refractivity (Wildman–Crippen MR) is 74.7 cm³/mol. The van der Waals surface area contributed by atoms with Crippen LogP contribution in [0.25, 0.3) is 0 Å². The number of pyridine rings is 1. The lowest BCUT2D eigenvalue weighted by atomic mass is 10.3. The van der Waals surface area contributed by atoms with Crippen LogP contribution in [0.4, 0.5) is 5.82 Å². The van der Waals surface area contributed by atoms with Gasteiger partial charge in [-0.3, -0.25) is 0 Å². The Morgan fingerprint density at radius 1 is 1.29 bits per heavy atom. The number of aromatic nitrogens is 1. The smallest absolute Gasteiger partial charge is 0.183 e. The highest BCUT2D eigenvalue weighted by molar-refractivity contribution is 7.80. The summed E-state index contributed by atoms with van der Waals surface area (Å²) in [6.45, 7) is 3.58. The van der Waals surface area contributed by atoms with E-state index < -0.39 is 0 Å². The molecule has 3 N–H and O–H groups in total. The van der Waals surface area contributed by atoms with Crippen LogP contribution in [0, 0.1) is 0 Å². The molecule has 17 heavy (non-hydrogen) atoms. The average Bonchev–Trinajstić information content (AvgIpc) is 2.39. The van der Waals surface area contributed by atoms with E-state index in [1.165, 1.54) is 0 Å². The highest BCUT2D eigenvalue weighted by Gasteiger charge is 2.18. The minimum Gasteiger partial charge on any atom is -0.353 e. The van der Waals surface area contributed by atoms with Crippen LogP contribution in [0.3, 0.4) is 0 Å². The van der Waals surface area contributed by atoms with Gasteiger partial charge in [0.1, 0.15) is 5.82 Å². The molecule has 0 aliphatic carbocycles. The normalized spacial score (nSPS) is 15.1. The number of nitrogens with one attached hydrogen (secondary N) is 1. The first-order chi connectivity index (χ1) is 7.81. The molecule has 0 aromatic carbocycles. The van der Waals surface area contributed by atoms with Crippen molar-refractivity contribution >= 4 is 23.1 Å². The highest BCUT2D eigenvalue weighted by Crippen LogP contribution is 2.12. The zero-order valence-electron chi connectivity index (χ0n) is 8.97. The third kappa shape index (κ3) is 3.28. The van der Waals surface area contributed by atoms with E-state index in [4.69, 9.17) is 18.1 Å². The number of hydrazine groups is 1. The minimum atomic E-state index is 0. The largest absolute Gasteiger partial charge is 0.353 e. The summed E-state index contributed by atoms with van der Waals surface area (Å²) in [7, 11) is 0. The van der Waals surface area contributed by atoms with E-state index in [0.29, 0.717) is 5.11 Å². The average molecular weight is 253 g/mol. The second-order valence-electron chi connectivity index (χ2n) is 3.61. The van der Waals surface area contributed by atoms with Gasteiger partial charge in [0, 0.05) is 32.4 Å². The third-order valence-corrected chi connectivity index (χ3v) is 3.04. The molecule has 1 fully saturated rings. The quantitative estimate of drug-likeness (QED) is 0.434. The molecule has 0 radical (unpaired) electrons. The Balaban J connectivity index is 0.00000144. The summed E-state index contributed by atoms with van der Waals surface area (Å²) < 4.78 is 0. The van der Waals surface area contributed by atoms with Crippen LogP contribution in [0.15, 0.2) is 24.4 Å². The zero-order chi connectivity index (χ0) is 11.4. The molecule has 1 aliphatic rings. The number of rotatable bonds is 1. The molecule has 0 bridgehead atoms. The van der Waals surface area contributed by atoms with Crippen molar-refractivity contribution in [2.75, 3.05) is 31.1 Å². The van der Waals surface area contributed by atoms with Gasteiger partial charge in [-0.1, -0.05) is 13.5 Å². The molecule has 0 unspecified atom stereocenters. The number of nitrogens with two attached hydrogens (primary N) is 1. The van der Waals surface area contributed by atoms with Crippen LogP contribution < -0.4 is 16.2 Å². The zero-order valence-corrected chi connectivity index (χ0v) is 9.78. The third-order valence-electron chi connectivity index (χ3n) is 2.66. The lowest BCUT2D eigenvalue weighted by molar-refractivity contribution is 0.380. The van der Waals surface area contributed by atoms with Crippen molar-refractivity contribution in [2.24, 2.45) is 5.84 Å². The van der Waals surface area contributed by atoms with Gasteiger partial charge in [-0.2, -0.15) is 0 Å². The van der Waals surface area contributed by atoms with Crippen LogP contribution >= 0.6 is 12.2 Å². The molecular weight excluding hydrogens is 234 g/mol. The molecule has 94 valence electrons. The SMILES string of the molecule is C.NNC(=S)N1CCN(c2ccccn2)CC1. The molecule has 0 saturated carbocycles. The van der Waals surface area contributed by atoms with Crippen LogP contribution in [0.1, 0.15) is 7.43 Å². The minimum absolute atomic E-state index is 0. The fourth-order valence-corrected chi connectivity index (χ4v) is 1.95. The van der Waals surface area contributed by atoms with E-state index in [0.717, 1.165) is 32.0 Å². The summed E-state index contributed by atoms with van der Waals surface area (Å²) >= 11 is 5.09. The molecule has 1 saturated heterocycles. The number of hydrogen-bond acceptors (Lipinski definition) is 4. The fraction of sp³-hybridized carbons (Fsp3) is 0.455. The molecule has 0 atom stereocenters. The highest BCUT2D eigenvalue weighted by atomic mass is 32.1. The van der Waals surface area contributed by atoms with E-state index in [1.54, 1.807) is 0 Å². The predicted octanol–water partition coefficient (Wildman–Crippen LogP) is 0.588. The Kier molecular flexibility index (Phi) is 5.11. The number of piperazine rings is 1. The summed E-state index contributed by atoms with van der Waals surface area (Å²) in [5.41, 5.74) is 2.51. The lowest BCUT2D eigenvalue weighted by Crippen LogP contribution is -2.53. The topological polar surface area (TPSA) is 57.4 Å². The van der Waals surface area contributed by atoms with Gasteiger partial charge in [0.25, 0.3) is 0 Å². The first-order valence-electron chi connectivity index (χ1n) is 5.23. The standard InChI is InChI=1S/C10H15N5S.CH4/c11-13-10(16)15-7-5-14(6-8-15)9-3-1-2-4-12-9;/h1-4H,5-8,11H2,(H,13,16);1H4. The second-order valence-corrected chi connectivity index (χ2v) is 4.00. The van der Waals surface area contributed by atoms with Gasteiger partial charge < -0.3 is 15.2 Å². The molecule has 1 aromatic heterocycles. The summed E-state index contributed by atoms with van der Waals surface area (Å²) in [4.78, 5) is 8.64. The Labute approximate surface area is 108 Å². The Morgan fingerprint density at radius 3 is 2.53 bits per heavy atom. The summed E-state index contributed by atoms with van der Waals surface area (Å²) in [6.07, 6.45) is 1.81. The van der Waals surface area contributed by atoms with Gasteiger partial charge in [0.15, 0.2) is 5.11 Å². The molecule has 0 spiro atoms. The van der Waals surface area contributed by atoms with Gasteiger partial charge >= 0.3 is 0 Å². The molecule has 5 nitrogen and oxygen atoms in total. The molecule has 2 rings (SSSR count). The van der Waals surface area contributed by atoms with Crippen molar-refractivity contribution in [2.45, 2.75) is 7.43 Å². The number of hydrogen-bond donors (Lipinski definition) is 2. The van der Waals surface area contributed by atoms with E-state index in [1.807, 2.05) is 24.4 Å². The first-order valence-corrected chi connectivity index (χ1v) is 5.63. The lowest BCUT2D eigenvalue weighted by Gasteiger charge is -2.36. The van der Waals surface area contributed by atoms with Crippen molar-refractivity contribution in [1.82, 2.24) is 15.3 Å². The van der Waals surface area contributed by atoms with Gasteiger partial charge in [-0.15, -0.1) is 0 Å². The molecule has 1 aliphatic heterocycles. The molecule has 2 heterocycles. The monoisotopic (exact) mass is 253 g/mol. The van der Waals surface area contributed by atoms with Crippen LogP contribution in [0.5, 0.6) is 0 Å². The van der Waals surface area contributed by atoms with Gasteiger partial charge in [-0.25, -0.2) is 10.8 Å². The van der Waals surface area contributed by atoms with Gasteiger partial charge in [0.05, 0.1) is 0 Å². The number of anilines is 1. The Morgan fingerprint density at radius 2 is 2.00 bits per heavy atom. The van der Waals surface area contributed by atoms with Crippen LogP contribution in [-0.2, 0) is 0 Å². The molecule has 0 amide bonds. The van der Waals surface area contributed by atoms with E-state index in [9.17, 15) is 0 Å². The van der Waals surface area contributed by atoms with Crippen molar-refractivity contribution in [3.8, 4) is 0 Å². The van der Waals surface area contributed by atoms with Gasteiger partial charge in [0.2, 0.25) is 0 Å². The van der Waals surface area contributed by atoms with Crippen LogP contribution in [-0.4, -0.2) is 41.2 Å². The fourth-order valence-electron chi connectivity index (χ4n) is 1.77. The van der Waals surface area contributed by atoms with E-state index in [2.05, 4.69) is 20.2 Å². The maximum absolute atomic E-state index is 5.29. The maximum atomic E-state index is 5.29. The van der Waals surface area contributed by atoms with Gasteiger partial charge in [-0.05, 0) is 24.4 Å². The van der Waals surface area contributed by atoms with Crippen LogP contribution in [0.2, 0.25) is 0 Å². The molecular formula is C11H19N5S. The Hall–Kier alpha value is -1.40.